The molecule has 0 amide bonds. The Hall–Kier alpha value is -2.34. The molecule has 0 unspecified atom stereocenters. The number of hydrogen-bond acceptors (Lipinski definition) is 3. The average Bonchev–Trinajstić information content (AvgIpc) is 2.80. The Balaban J connectivity index is 2.39. The molecule has 3 rings (SSSR count). The van der Waals surface area contributed by atoms with Crippen molar-refractivity contribution in [3.63, 3.8) is 0 Å². The van der Waals surface area contributed by atoms with Crippen LogP contribution in [0.4, 0.5) is 4.39 Å². The van der Waals surface area contributed by atoms with E-state index in [0.717, 1.165) is 12.1 Å². The van der Waals surface area contributed by atoms with E-state index in [1.165, 1.54) is 22.9 Å². The normalized spacial score (nSPS) is 11.1. The molecule has 1 aromatic carbocycles. The van der Waals surface area contributed by atoms with Crippen molar-refractivity contribution in [2.24, 2.45) is 0 Å². The number of nitrogens with one attached hydrogen (secondary N) is 1. The minimum absolute atomic E-state index is 0.0319. The lowest BCUT2D eigenvalue weighted by molar-refractivity contribution is 0.446. The highest BCUT2D eigenvalue weighted by atomic mass is 35.5. The summed E-state index contributed by atoms with van der Waals surface area (Å²) in [4.78, 5) is 18.3. The molecule has 0 spiro atoms. The van der Waals surface area contributed by atoms with Crippen molar-refractivity contribution in [2.45, 2.75) is 0 Å². The maximum atomic E-state index is 13.0. The van der Waals surface area contributed by atoms with Crippen LogP contribution in [0.3, 0.4) is 0 Å². The van der Waals surface area contributed by atoms with Crippen molar-refractivity contribution in [1.29, 1.82) is 0 Å². The predicted octanol–water partition coefficient (Wildman–Crippen LogP) is 2.19. The summed E-state index contributed by atoms with van der Waals surface area (Å²) in [7, 11) is 0. The fraction of sp³-hybridized carbons (Fsp3) is 0. The summed E-state index contributed by atoms with van der Waals surface area (Å²) in [6.07, 6.45) is 2.92. The Kier molecular flexibility index (Phi) is 2.53. The van der Waals surface area contributed by atoms with E-state index in [1.54, 1.807) is 0 Å². The summed E-state index contributed by atoms with van der Waals surface area (Å²) in [5.41, 5.74) is -0.336. The molecule has 0 saturated heterocycles. The number of nitrogens with zero attached hydrogens (tertiary/aromatic N) is 2. The van der Waals surface area contributed by atoms with Crippen LogP contribution in [0.15, 0.2) is 35.4 Å². The molecule has 3 aromatic rings. The third-order valence-electron chi connectivity index (χ3n) is 2.75. The van der Waals surface area contributed by atoms with Crippen LogP contribution in [0.2, 0.25) is 5.02 Å². The molecule has 0 saturated carbocycles. The van der Waals surface area contributed by atoms with Crippen molar-refractivity contribution in [3.8, 4) is 17.0 Å². The van der Waals surface area contributed by atoms with Crippen LogP contribution in [0.25, 0.3) is 16.9 Å². The zero-order valence-electron chi connectivity index (χ0n) is 9.39. The molecule has 7 heteroatoms. The molecular weight excluding hydrogens is 273 g/mol. The first kappa shape index (κ1) is 11.7. The van der Waals surface area contributed by atoms with Gasteiger partial charge >= 0.3 is 0 Å². The van der Waals surface area contributed by atoms with E-state index in [-0.39, 0.29) is 27.8 Å². The number of rotatable bonds is 1. The third kappa shape index (κ3) is 1.77. The molecule has 2 heterocycles. The summed E-state index contributed by atoms with van der Waals surface area (Å²) < 4.78 is 14.3. The SMILES string of the molecule is O=c1[nH]c2nccn2c(O)c1-c1ccc(F)cc1Cl. The zero-order valence-corrected chi connectivity index (χ0v) is 10.1. The van der Waals surface area contributed by atoms with Gasteiger partial charge in [-0.3, -0.25) is 14.2 Å². The highest BCUT2D eigenvalue weighted by molar-refractivity contribution is 6.33. The molecule has 0 aliphatic heterocycles. The average molecular weight is 280 g/mol. The fourth-order valence-corrected chi connectivity index (χ4v) is 2.15. The predicted molar refractivity (Wildman–Crippen MR) is 67.9 cm³/mol. The van der Waals surface area contributed by atoms with Gasteiger partial charge in [0.2, 0.25) is 11.7 Å². The third-order valence-corrected chi connectivity index (χ3v) is 3.06. The Bertz CT molecular complexity index is 841. The molecule has 2 aromatic heterocycles. The van der Waals surface area contributed by atoms with E-state index in [2.05, 4.69) is 9.97 Å². The lowest BCUT2D eigenvalue weighted by atomic mass is 10.1. The molecule has 0 atom stereocenters. The summed E-state index contributed by atoms with van der Waals surface area (Å²) in [5.74, 6) is -0.609. The Labute approximate surface area is 110 Å². The highest BCUT2D eigenvalue weighted by Crippen LogP contribution is 2.31. The molecule has 0 fully saturated rings. The second-order valence-electron chi connectivity index (χ2n) is 3.90. The first-order valence-corrected chi connectivity index (χ1v) is 5.69. The van der Waals surface area contributed by atoms with Crippen molar-refractivity contribution in [2.75, 3.05) is 0 Å². The molecular formula is C12H7ClFN3O2. The maximum Gasteiger partial charge on any atom is 0.264 e. The van der Waals surface area contributed by atoms with Crippen LogP contribution >= 0.6 is 11.6 Å². The van der Waals surface area contributed by atoms with E-state index in [9.17, 15) is 14.3 Å². The van der Waals surface area contributed by atoms with Crippen LogP contribution in [-0.2, 0) is 0 Å². The number of aromatic amines is 1. The van der Waals surface area contributed by atoms with Gasteiger partial charge in [0.1, 0.15) is 11.4 Å². The van der Waals surface area contributed by atoms with Gasteiger partial charge in [0, 0.05) is 18.0 Å². The minimum Gasteiger partial charge on any atom is -0.494 e. The molecule has 2 N–H and O–H groups in total. The molecule has 5 nitrogen and oxygen atoms in total. The van der Waals surface area contributed by atoms with Gasteiger partial charge in [-0.15, -0.1) is 0 Å². The Morgan fingerprint density at radius 2 is 2.21 bits per heavy atom. The van der Waals surface area contributed by atoms with Crippen LogP contribution in [-0.4, -0.2) is 19.5 Å². The van der Waals surface area contributed by atoms with Crippen molar-refractivity contribution in [1.82, 2.24) is 14.4 Å². The number of imidazole rings is 1. The highest BCUT2D eigenvalue weighted by Gasteiger charge is 2.17. The van der Waals surface area contributed by atoms with Gasteiger partial charge in [-0.25, -0.2) is 9.37 Å². The molecule has 0 bridgehead atoms. The van der Waals surface area contributed by atoms with Gasteiger partial charge in [0.15, 0.2) is 0 Å². The van der Waals surface area contributed by atoms with E-state index >= 15 is 0 Å². The second kappa shape index (κ2) is 4.10. The first-order chi connectivity index (χ1) is 9.08. The molecule has 0 aliphatic carbocycles. The zero-order chi connectivity index (χ0) is 13.6. The smallest absolute Gasteiger partial charge is 0.264 e. The summed E-state index contributed by atoms with van der Waals surface area (Å²) in [6.45, 7) is 0. The van der Waals surface area contributed by atoms with Gasteiger partial charge in [-0.1, -0.05) is 11.6 Å². The number of H-pyrrole nitrogens is 1. The van der Waals surface area contributed by atoms with Crippen LogP contribution < -0.4 is 5.56 Å². The summed E-state index contributed by atoms with van der Waals surface area (Å²) >= 11 is 5.90. The number of aromatic nitrogens is 3. The Morgan fingerprint density at radius 1 is 1.42 bits per heavy atom. The van der Waals surface area contributed by atoms with Gasteiger partial charge in [0.05, 0.1) is 5.02 Å². The van der Waals surface area contributed by atoms with Crippen molar-refractivity contribution >= 4 is 17.4 Å². The largest absolute Gasteiger partial charge is 0.494 e. The monoisotopic (exact) mass is 279 g/mol. The standard InChI is InChI=1S/C12H7ClFN3O2/c13-8-5-6(14)1-2-7(8)9-10(18)16-12-15-3-4-17(12)11(9)19/h1-5,19H,(H,15,16,18). The van der Waals surface area contributed by atoms with Crippen LogP contribution in [0, 0.1) is 5.82 Å². The summed E-state index contributed by atoms with van der Waals surface area (Å²) in [6, 6.07) is 3.58. The number of benzene rings is 1. The number of fused-ring (bicyclic) bond motifs is 1. The molecule has 96 valence electrons. The topological polar surface area (TPSA) is 70.4 Å². The first-order valence-electron chi connectivity index (χ1n) is 5.31. The molecule has 0 aliphatic rings. The second-order valence-corrected chi connectivity index (χ2v) is 4.30. The number of hydrogen-bond donors (Lipinski definition) is 2. The van der Waals surface area contributed by atoms with E-state index in [1.807, 2.05) is 0 Å². The Morgan fingerprint density at radius 3 is 2.95 bits per heavy atom. The van der Waals surface area contributed by atoms with E-state index < -0.39 is 11.4 Å². The lowest BCUT2D eigenvalue weighted by Gasteiger charge is -2.07. The fourth-order valence-electron chi connectivity index (χ4n) is 1.89. The molecule has 19 heavy (non-hydrogen) atoms. The van der Waals surface area contributed by atoms with Crippen molar-refractivity contribution < 1.29 is 9.50 Å². The van der Waals surface area contributed by atoms with Crippen LogP contribution in [0.1, 0.15) is 0 Å². The van der Waals surface area contributed by atoms with Crippen LogP contribution in [0.5, 0.6) is 5.88 Å². The minimum atomic E-state index is -0.551. The molecule has 0 radical (unpaired) electrons. The van der Waals surface area contributed by atoms with Gasteiger partial charge in [0.25, 0.3) is 5.56 Å². The van der Waals surface area contributed by atoms with Gasteiger partial charge in [-0.2, -0.15) is 0 Å². The number of aromatic hydroxyl groups is 1. The van der Waals surface area contributed by atoms with Gasteiger partial charge < -0.3 is 5.11 Å². The van der Waals surface area contributed by atoms with Crippen molar-refractivity contribution in [3.05, 3.63) is 51.8 Å². The summed E-state index contributed by atoms with van der Waals surface area (Å²) in [5, 5.41) is 10.2. The lowest BCUT2D eigenvalue weighted by Crippen LogP contribution is -2.12. The van der Waals surface area contributed by atoms with Gasteiger partial charge in [-0.05, 0) is 18.2 Å². The maximum absolute atomic E-state index is 13.0. The van der Waals surface area contributed by atoms with E-state index in [4.69, 9.17) is 11.6 Å². The number of halogens is 2. The van der Waals surface area contributed by atoms with E-state index in [0.29, 0.717) is 0 Å². The quantitative estimate of drug-likeness (QED) is 0.717.